The zero-order valence-corrected chi connectivity index (χ0v) is 10.3. The first-order valence-electron chi connectivity index (χ1n) is 5.37. The van der Waals surface area contributed by atoms with E-state index in [0.717, 1.165) is 32.1 Å². The molecule has 4 nitrogen and oxygen atoms in total. The predicted molar refractivity (Wildman–Crippen MR) is 65.3 cm³/mol. The van der Waals surface area contributed by atoms with Crippen LogP contribution in [0.5, 0.6) is 0 Å². The Morgan fingerprint density at radius 1 is 1.33 bits per heavy atom. The number of rotatable bonds is 4. The van der Waals surface area contributed by atoms with Gasteiger partial charge in [0.1, 0.15) is 0 Å². The first kappa shape index (κ1) is 12.0. The van der Waals surface area contributed by atoms with Crippen LogP contribution in [-0.4, -0.2) is 75.0 Å². The topological polar surface area (TPSA) is 22.1 Å². The molecule has 0 spiro atoms. The summed E-state index contributed by atoms with van der Waals surface area (Å²) in [6.07, 6.45) is 4.41. The highest BCUT2D eigenvalue weighted by molar-refractivity contribution is 5.81. The van der Waals surface area contributed by atoms with E-state index in [2.05, 4.69) is 53.0 Å². The van der Waals surface area contributed by atoms with Crippen LogP contribution in [0.3, 0.4) is 0 Å². The van der Waals surface area contributed by atoms with Gasteiger partial charge in [-0.25, -0.2) is 0 Å². The lowest BCUT2D eigenvalue weighted by Gasteiger charge is -2.18. The summed E-state index contributed by atoms with van der Waals surface area (Å²) in [7, 11) is 8.10. The molecule has 0 aromatic rings. The van der Waals surface area contributed by atoms with E-state index in [9.17, 15) is 0 Å². The molecule has 4 heteroatoms. The molecule has 0 atom stereocenters. The third-order valence-corrected chi connectivity index (χ3v) is 2.49. The van der Waals surface area contributed by atoms with Crippen molar-refractivity contribution in [3.05, 3.63) is 12.2 Å². The highest BCUT2D eigenvalue weighted by atomic mass is 15.4. The Balaban J connectivity index is 2.36. The van der Waals surface area contributed by atoms with Crippen LogP contribution in [0.2, 0.25) is 0 Å². The van der Waals surface area contributed by atoms with E-state index in [1.54, 1.807) is 0 Å². The number of likely N-dealkylation sites (N-methyl/N-ethyl adjacent to an activating group) is 2. The van der Waals surface area contributed by atoms with Crippen molar-refractivity contribution in [1.82, 2.24) is 14.7 Å². The maximum Gasteiger partial charge on any atom is 0.196 e. The molecule has 15 heavy (non-hydrogen) atoms. The van der Waals surface area contributed by atoms with E-state index in [0.29, 0.717) is 0 Å². The monoisotopic (exact) mass is 210 g/mol. The van der Waals surface area contributed by atoms with E-state index in [4.69, 9.17) is 0 Å². The van der Waals surface area contributed by atoms with Crippen molar-refractivity contribution >= 4 is 5.96 Å². The normalized spacial score (nSPS) is 20.2. The smallest absolute Gasteiger partial charge is 0.196 e. The number of nitrogens with zero attached hydrogens (tertiary/aromatic N) is 4. The Bertz CT molecular complexity index is 245. The molecule has 0 saturated carbocycles. The summed E-state index contributed by atoms with van der Waals surface area (Å²) in [6, 6.07) is 0. The Morgan fingerprint density at radius 2 is 2.07 bits per heavy atom. The molecule has 1 heterocycles. The van der Waals surface area contributed by atoms with Crippen LogP contribution < -0.4 is 0 Å². The third-order valence-electron chi connectivity index (χ3n) is 2.49. The molecule has 86 valence electrons. The highest BCUT2D eigenvalue weighted by Crippen LogP contribution is 2.05. The van der Waals surface area contributed by atoms with Gasteiger partial charge in [-0.1, -0.05) is 12.2 Å². The van der Waals surface area contributed by atoms with Gasteiger partial charge in [0, 0.05) is 40.3 Å². The van der Waals surface area contributed by atoms with Crippen molar-refractivity contribution in [1.29, 1.82) is 0 Å². The summed E-state index contributed by atoms with van der Waals surface area (Å²) in [5, 5.41) is 0. The van der Waals surface area contributed by atoms with E-state index >= 15 is 0 Å². The van der Waals surface area contributed by atoms with Crippen molar-refractivity contribution in [2.75, 3.05) is 54.4 Å². The standard InChI is InChI=1S/C11H22N4/c1-12-11-14(4)9-10-15(11)8-6-5-7-13(2)3/h5-6H,7-10H2,1-4H3/b6-5+,12-11-. The lowest BCUT2D eigenvalue weighted by molar-refractivity contribution is 0.454. The summed E-state index contributed by atoms with van der Waals surface area (Å²) < 4.78 is 0. The van der Waals surface area contributed by atoms with Crippen LogP contribution in [0, 0.1) is 0 Å². The van der Waals surface area contributed by atoms with Crippen LogP contribution in [0.15, 0.2) is 17.1 Å². The average molecular weight is 210 g/mol. The summed E-state index contributed by atoms with van der Waals surface area (Å²) in [5.74, 6) is 1.10. The number of aliphatic imine (C=N–C) groups is 1. The predicted octanol–water partition coefficient (Wildman–Crippen LogP) is 0.337. The van der Waals surface area contributed by atoms with E-state index in [1.807, 2.05) is 7.05 Å². The summed E-state index contributed by atoms with van der Waals surface area (Å²) in [4.78, 5) is 10.9. The molecule has 0 unspecified atom stereocenters. The number of hydrogen-bond acceptors (Lipinski definition) is 2. The first-order valence-corrected chi connectivity index (χ1v) is 5.37. The minimum Gasteiger partial charge on any atom is -0.344 e. The van der Waals surface area contributed by atoms with Crippen LogP contribution in [0.1, 0.15) is 0 Å². The molecule has 1 aliphatic rings. The number of guanidine groups is 1. The van der Waals surface area contributed by atoms with Gasteiger partial charge >= 0.3 is 0 Å². The van der Waals surface area contributed by atoms with E-state index < -0.39 is 0 Å². The van der Waals surface area contributed by atoms with Crippen LogP contribution in [0.4, 0.5) is 0 Å². The van der Waals surface area contributed by atoms with Gasteiger partial charge in [-0.3, -0.25) is 4.99 Å². The minimum atomic E-state index is 0.963. The molecule has 0 N–H and O–H groups in total. The van der Waals surface area contributed by atoms with Gasteiger partial charge in [0.15, 0.2) is 5.96 Å². The Hall–Kier alpha value is -1.03. The fourth-order valence-corrected chi connectivity index (χ4v) is 1.68. The minimum absolute atomic E-state index is 0.963. The summed E-state index contributed by atoms with van der Waals surface area (Å²) in [6.45, 7) is 4.12. The Kier molecular flexibility index (Phi) is 4.62. The molecule has 1 fully saturated rings. The average Bonchev–Trinajstić information content (AvgIpc) is 2.53. The van der Waals surface area contributed by atoms with Gasteiger partial charge in [-0.2, -0.15) is 0 Å². The molecule has 0 radical (unpaired) electrons. The molecular weight excluding hydrogens is 188 g/mol. The van der Waals surface area contributed by atoms with Gasteiger partial charge in [0.05, 0.1) is 0 Å². The molecule has 1 aliphatic heterocycles. The fraction of sp³-hybridized carbons (Fsp3) is 0.727. The van der Waals surface area contributed by atoms with Crippen LogP contribution >= 0.6 is 0 Å². The zero-order valence-electron chi connectivity index (χ0n) is 10.3. The highest BCUT2D eigenvalue weighted by Gasteiger charge is 2.20. The van der Waals surface area contributed by atoms with Gasteiger partial charge < -0.3 is 14.7 Å². The second-order valence-corrected chi connectivity index (χ2v) is 4.12. The maximum atomic E-state index is 4.29. The third kappa shape index (κ3) is 3.55. The Labute approximate surface area is 92.9 Å². The first-order chi connectivity index (χ1) is 7.15. The zero-order chi connectivity index (χ0) is 11.3. The lowest BCUT2D eigenvalue weighted by atomic mass is 10.4. The molecule has 1 rings (SSSR count). The quantitative estimate of drug-likeness (QED) is 0.625. The largest absolute Gasteiger partial charge is 0.344 e. The van der Waals surface area contributed by atoms with E-state index in [1.165, 1.54) is 0 Å². The molecular formula is C11H22N4. The van der Waals surface area contributed by atoms with Gasteiger partial charge in [0.25, 0.3) is 0 Å². The molecule has 0 bridgehead atoms. The second-order valence-electron chi connectivity index (χ2n) is 4.12. The Morgan fingerprint density at radius 3 is 2.67 bits per heavy atom. The summed E-state index contributed by atoms with van der Waals surface area (Å²) >= 11 is 0. The van der Waals surface area contributed by atoms with Crippen molar-refractivity contribution in [3.8, 4) is 0 Å². The van der Waals surface area contributed by atoms with Crippen molar-refractivity contribution in [2.24, 2.45) is 4.99 Å². The molecule has 1 saturated heterocycles. The van der Waals surface area contributed by atoms with Crippen LogP contribution in [-0.2, 0) is 0 Å². The molecule has 0 aromatic carbocycles. The van der Waals surface area contributed by atoms with Gasteiger partial charge in [0.2, 0.25) is 0 Å². The van der Waals surface area contributed by atoms with E-state index in [-0.39, 0.29) is 0 Å². The summed E-state index contributed by atoms with van der Waals surface area (Å²) in [5.41, 5.74) is 0. The second kappa shape index (κ2) is 5.75. The fourth-order valence-electron chi connectivity index (χ4n) is 1.68. The van der Waals surface area contributed by atoms with Gasteiger partial charge in [-0.15, -0.1) is 0 Å². The molecule has 0 amide bonds. The van der Waals surface area contributed by atoms with Crippen LogP contribution in [0.25, 0.3) is 0 Å². The lowest BCUT2D eigenvalue weighted by Crippen LogP contribution is -2.31. The van der Waals surface area contributed by atoms with Crippen molar-refractivity contribution < 1.29 is 0 Å². The number of hydrogen-bond donors (Lipinski definition) is 0. The van der Waals surface area contributed by atoms with Gasteiger partial charge in [-0.05, 0) is 14.1 Å². The molecule has 0 aliphatic carbocycles. The maximum absolute atomic E-state index is 4.29. The molecule has 0 aromatic heterocycles. The SMILES string of the molecule is C/N=C1/N(C)CCN1C/C=C/CN(C)C. The van der Waals surface area contributed by atoms with Crippen molar-refractivity contribution in [3.63, 3.8) is 0 Å². The van der Waals surface area contributed by atoms with Crippen molar-refractivity contribution in [2.45, 2.75) is 0 Å².